The largest absolute Gasteiger partial charge is 0.352 e. The summed E-state index contributed by atoms with van der Waals surface area (Å²) in [6, 6.07) is 25.1. The molecule has 3 aromatic carbocycles. The van der Waals surface area contributed by atoms with Crippen molar-refractivity contribution < 1.29 is 4.79 Å². The highest BCUT2D eigenvalue weighted by Gasteiger charge is 2.28. The summed E-state index contributed by atoms with van der Waals surface area (Å²) in [5, 5.41) is 3.68. The minimum atomic E-state index is -0.210. The molecule has 2 heterocycles. The van der Waals surface area contributed by atoms with Crippen LogP contribution in [0.15, 0.2) is 83.7 Å². The Labute approximate surface area is 209 Å². The molecule has 1 amide bonds. The van der Waals surface area contributed by atoms with Gasteiger partial charge in [-0.15, -0.1) is 0 Å². The zero-order valence-electron chi connectivity index (χ0n) is 19.4. The van der Waals surface area contributed by atoms with Crippen molar-refractivity contribution in [2.45, 2.75) is 25.9 Å². The lowest BCUT2D eigenvalue weighted by atomic mass is 9.97. The van der Waals surface area contributed by atoms with Gasteiger partial charge in [-0.25, -0.2) is 4.98 Å². The summed E-state index contributed by atoms with van der Waals surface area (Å²) in [5.41, 5.74) is 3.45. The molecular formula is C28H27ClN4O2. The van der Waals surface area contributed by atoms with E-state index in [9.17, 15) is 9.59 Å². The number of nitrogens with one attached hydrogen (secondary N) is 1. The number of para-hydroxylation sites is 2. The third-order valence-corrected chi connectivity index (χ3v) is 6.70. The fourth-order valence-electron chi connectivity index (χ4n) is 4.67. The van der Waals surface area contributed by atoms with Crippen LogP contribution in [0.3, 0.4) is 0 Å². The van der Waals surface area contributed by atoms with Crippen LogP contribution in [-0.2, 0) is 17.9 Å². The summed E-state index contributed by atoms with van der Waals surface area (Å²) >= 11 is 6.06. The van der Waals surface area contributed by atoms with Gasteiger partial charge in [-0.1, -0.05) is 66.2 Å². The predicted octanol–water partition coefficient (Wildman–Crippen LogP) is 4.63. The van der Waals surface area contributed by atoms with Crippen molar-refractivity contribution in [3.8, 4) is 0 Å². The molecule has 178 valence electrons. The van der Waals surface area contributed by atoms with Gasteiger partial charge < -0.3 is 10.2 Å². The standard InChI is InChI=1S/C28H27ClN4O2/c29-23-12-6-10-21(16-23)17-30-27(34)22-11-7-15-32(19-22)26-28(35)33(18-20-8-2-1-3-9-20)25-14-5-4-13-24(25)31-26/h1-6,8-10,12-14,16,22H,7,11,15,17-19H2,(H,30,34)/t22-/m0/s1. The Hall–Kier alpha value is -3.64. The molecule has 1 N–H and O–H groups in total. The van der Waals surface area contributed by atoms with Crippen molar-refractivity contribution >= 4 is 34.4 Å². The van der Waals surface area contributed by atoms with Gasteiger partial charge in [0.1, 0.15) is 0 Å². The first-order chi connectivity index (χ1) is 17.1. The highest BCUT2D eigenvalue weighted by atomic mass is 35.5. The number of aromatic nitrogens is 2. The Morgan fingerprint density at radius 2 is 1.77 bits per heavy atom. The quantitative estimate of drug-likeness (QED) is 0.431. The average Bonchev–Trinajstić information content (AvgIpc) is 2.89. The van der Waals surface area contributed by atoms with E-state index in [4.69, 9.17) is 16.6 Å². The van der Waals surface area contributed by atoms with Crippen LogP contribution in [0.1, 0.15) is 24.0 Å². The minimum absolute atomic E-state index is 0.0138. The Morgan fingerprint density at radius 1 is 1.00 bits per heavy atom. The molecule has 0 spiro atoms. The summed E-state index contributed by atoms with van der Waals surface area (Å²) in [7, 11) is 0. The van der Waals surface area contributed by atoms with Crippen LogP contribution in [0.25, 0.3) is 11.0 Å². The number of rotatable bonds is 6. The fourth-order valence-corrected chi connectivity index (χ4v) is 4.88. The third kappa shape index (κ3) is 5.23. The summed E-state index contributed by atoms with van der Waals surface area (Å²) in [6.07, 6.45) is 1.60. The molecule has 0 bridgehead atoms. The van der Waals surface area contributed by atoms with E-state index in [2.05, 4.69) is 5.32 Å². The number of nitrogens with zero attached hydrogens (tertiary/aromatic N) is 3. The molecule has 0 radical (unpaired) electrons. The number of anilines is 1. The van der Waals surface area contributed by atoms with E-state index >= 15 is 0 Å². The zero-order valence-corrected chi connectivity index (χ0v) is 20.1. The van der Waals surface area contributed by atoms with E-state index in [0.29, 0.717) is 37.0 Å². The van der Waals surface area contributed by atoms with Gasteiger partial charge >= 0.3 is 0 Å². The zero-order chi connectivity index (χ0) is 24.2. The second-order valence-corrected chi connectivity index (χ2v) is 9.37. The third-order valence-electron chi connectivity index (χ3n) is 6.47. The van der Waals surface area contributed by atoms with Crippen molar-refractivity contribution in [1.82, 2.24) is 14.9 Å². The molecule has 1 aromatic heterocycles. The van der Waals surface area contributed by atoms with Crippen LogP contribution in [0.2, 0.25) is 5.02 Å². The number of carbonyl (C=O) groups is 1. The molecule has 1 aliphatic heterocycles. The summed E-state index contributed by atoms with van der Waals surface area (Å²) < 4.78 is 1.79. The van der Waals surface area contributed by atoms with E-state index in [1.165, 1.54) is 0 Å². The van der Waals surface area contributed by atoms with E-state index < -0.39 is 0 Å². The minimum Gasteiger partial charge on any atom is -0.352 e. The van der Waals surface area contributed by atoms with Crippen molar-refractivity contribution in [3.05, 3.63) is 105 Å². The van der Waals surface area contributed by atoms with Crippen LogP contribution < -0.4 is 15.8 Å². The topological polar surface area (TPSA) is 67.2 Å². The van der Waals surface area contributed by atoms with Crippen LogP contribution in [-0.4, -0.2) is 28.5 Å². The van der Waals surface area contributed by atoms with Crippen molar-refractivity contribution in [2.75, 3.05) is 18.0 Å². The van der Waals surface area contributed by atoms with Crippen molar-refractivity contribution in [1.29, 1.82) is 0 Å². The molecule has 1 aliphatic rings. The second kappa shape index (κ2) is 10.3. The van der Waals surface area contributed by atoms with Gasteiger partial charge in [-0.05, 0) is 48.2 Å². The SMILES string of the molecule is O=C(NCc1cccc(Cl)c1)[C@H]1CCCN(c2nc3ccccc3n(Cc3ccccc3)c2=O)C1. The second-order valence-electron chi connectivity index (χ2n) is 8.93. The molecule has 1 fully saturated rings. The first-order valence-corrected chi connectivity index (χ1v) is 12.3. The summed E-state index contributed by atoms with van der Waals surface area (Å²) in [4.78, 5) is 33.3. The summed E-state index contributed by atoms with van der Waals surface area (Å²) in [6.45, 7) is 2.05. The molecule has 4 aromatic rings. The maximum atomic E-state index is 13.7. The normalized spacial score (nSPS) is 15.8. The molecule has 5 rings (SSSR count). The molecule has 6 nitrogen and oxygen atoms in total. The van der Waals surface area contributed by atoms with Gasteiger partial charge in [0.25, 0.3) is 5.56 Å². The van der Waals surface area contributed by atoms with Crippen molar-refractivity contribution in [2.24, 2.45) is 5.92 Å². The highest BCUT2D eigenvalue weighted by Crippen LogP contribution is 2.22. The lowest BCUT2D eigenvalue weighted by molar-refractivity contribution is -0.125. The first kappa shape index (κ1) is 23.1. The number of fused-ring (bicyclic) bond motifs is 1. The number of hydrogen-bond donors (Lipinski definition) is 1. The Bertz CT molecular complexity index is 1400. The molecule has 0 saturated carbocycles. The lowest BCUT2D eigenvalue weighted by Gasteiger charge is -2.32. The number of carbonyl (C=O) groups excluding carboxylic acids is 1. The first-order valence-electron chi connectivity index (χ1n) is 11.9. The van der Waals surface area contributed by atoms with Gasteiger partial charge in [0.2, 0.25) is 5.91 Å². The van der Waals surface area contributed by atoms with Gasteiger partial charge in [-0.3, -0.25) is 14.2 Å². The number of benzene rings is 3. The van der Waals surface area contributed by atoms with Gasteiger partial charge in [0.05, 0.1) is 23.5 Å². The molecule has 0 unspecified atom stereocenters. The fraction of sp³-hybridized carbons (Fsp3) is 0.250. The van der Waals surface area contributed by atoms with E-state index in [0.717, 1.165) is 35.0 Å². The molecule has 35 heavy (non-hydrogen) atoms. The van der Waals surface area contributed by atoms with Crippen LogP contribution >= 0.6 is 11.6 Å². The van der Waals surface area contributed by atoms with Crippen LogP contribution in [0, 0.1) is 5.92 Å². The Kier molecular flexibility index (Phi) is 6.82. The number of halogens is 1. The number of piperidine rings is 1. The van der Waals surface area contributed by atoms with Crippen molar-refractivity contribution in [3.63, 3.8) is 0 Å². The maximum absolute atomic E-state index is 13.7. The van der Waals surface area contributed by atoms with Gasteiger partial charge in [0.15, 0.2) is 5.82 Å². The smallest absolute Gasteiger partial charge is 0.294 e. The molecule has 1 atom stereocenters. The number of amides is 1. The average molecular weight is 487 g/mol. The summed E-state index contributed by atoms with van der Waals surface area (Å²) in [5.74, 6) is 0.185. The van der Waals surface area contributed by atoms with Crippen LogP contribution in [0.4, 0.5) is 5.82 Å². The molecule has 1 saturated heterocycles. The highest BCUT2D eigenvalue weighted by molar-refractivity contribution is 6.30. The Balaban J connectivity index is 1.39. The van der Waals surface area contributed by atoms with E-state index in [1.54, 1.807) is 4.57 Å². The van der Waals surface area contributed by atoms with Gasteiger partial charge in [0, 0.05) is 24.7 Å². The Morgan fingerprint density at radius 3 is 2.60 bits per heavy atom. The van der Waals surface area contributed by atoms with E-state index in [1.807, 2.05) is 83.8 Å². The lowest BCUT2D eigenvalue weighted by Crippen LogP contribution is -2.45. The van der Waals surface area contributed by atoms with Crippen LogP contribution in [0.5, 0.6) is 0 Å². The maximum Gasteiger partial charge on any atom is 0.294 e. The predicted molar refractivity (Wildman–Crippen MR) is 140 cm³/mol. The molecule has 7 heteroatoms. The monoisotopic (exact) mass is 486 g/mol. The number of hydrogen-bond acceptors (Lipinski definition) is 4. The molecular weight excluding hydrogens is 460 g/mol. The van der Waals surface area contributed by atoms with Gasteiger partial charge in [-0.2, -0.15) is 0 Å². The molecule has 0 aliphatic carbocycles. The van der Waals surface area contributed by atoms with E-state index in [-0.39, 0.29) is 17.4 Å².